The van der Waals surface area contributed by atoms with E-state index in [0.717, 1.165) is 5.56 Å². The van der Waals surface area contributed by atoms with E-state index in [1.165, 1.54) is 0 Å². The normalized spacial score (nSPS) is 10.7. The number of hydrogen-bond donors (Lipinski definition) is 0. The minimum atomic E-state index is 0.545. The molecule has 0 N–H and O–H groups in total. The van der Waals surface area contributed by atoms with Gasteiger partial charge in [0.2, 0.25) is 0 Å². The van der Waals surface area contributed by atoms with Crippen LogP contribution < -0.4 is 0 Å². The molecular weight excluding hydrogens is 202 g/mol. The van der Waals surface area contributed by atoms with Gasteiger partial charge >= 0.3 is 0 Å². The largest absolute Gasteiger partial charge is 0.192 e. The van der Waals surface area contributed by atoms with Gasteiger partial charge in [0.05, 0.1) is 4.48 Å². The van der Waals surface area contributed by atoms with Crippen LogP contribution in [0, 0.1) is 11.3 Å². The zero-order chi connectivity index (χ0) is 8.10. The molecule has 0 saturated heterocycles. The maximum atomic E-state index is 8.43. The van der Waals surface area contributed by atoms with Gasteiger partial charge in [-0.3, -0.25) is 0 Å². The van der Waals surface area contributed by atoms with E-state index in [1.807, 2.05) is 36.4 Å². The maximum Gasteiger partial charge on any atom is 0.107 e. The number of nitrogens with zero attached hydrogens (tertiary/aromatic N) is 1. The molecule has 0 heterocycles. The Hall–Kier alpha value is -1.07. The Balaban J connectivity index is 2.90. The van der Waals surface area contributed by atoms with E-state index in [4.69, 9.17) is 5.26 Å². The van der Waals surface area contributed by atoms with E-state index in [0.29, 0.717) is 4.48 Å². The fourth-order valence-corrected chi connectivity index (χ4v) is 0.992. The predicted octanol–water partition coefficient (Wildman–Crippen LogP) is 2.95. The van der Waals surface area contributed by atoms with Crippen molar-refractivity contribution in [3.05, 3.63) is 40.4 Å². The van der Waals surface area contributed by atoms with E-state index in [1.54, 1.807) is 6.08 Å². The molecule has 2 heteroatoms. The average molecular weight is 208 g/mol. The van der Waals surface area contributed by atoms with Crippen molar-refractivity contribution in [1.29, 1.82) is 5.26 Å². The lowest BCUT2D eigenvalue weighted by Crippen LogP contribution is -1.69. The van der Waals surface area contributed by atoms with Crippen LogP contribution in [0.15, 0.2) is 34.8 Å². The first-order valence-corrected chi connectivity index (χ1v) is 3.94. The molecule has 0 bridgehead atoms. The van der Waals surface area contributed by atoms with Crippen molar-refractivity contribution >= 4 is 22.0 Å². The minimum absolute atomic E-state index is 0.545. The molecule has 0 atom stereocenters. The van der Waals surface area contributed by atoms with Gasteiger partial charge in [0, 0.05) is 0 Å². The van der Waals surface area contributed by atoms with Crippen molar-refractivity contribution in [2.24, 2.45) is 0 Å². The molecule has 0 unspecified atom stereocenters. The lowest BCUT2D eigenvalue weighted by atomic mass is 10.2. The van der Waals surface area contributed by atoms with Crippen LogP contribution in [0.4, 0.5) is 0 Å². The summed E-state index contributed by atoms with van der Waals surface area (Å²) in [4.78, 5) is 0. The smallest absolute Gasteiger partial charge is 0.107 e. The van der Waals surface area contributed by atoms with Crippen molar-refractivity contribution in [3.8, 4) is 6.07 Å². The molecule has 1 aromatic rings. The summed E-state index contributed by atoms with van der Waals surface area (Å²) >= 11 is 3.11. The lowest BCUT2D eigenvalue weighted by Gasteiger charge is -1.89. The molecule has 0 amide bonds. The molecule has 11 heavy (non-hydrogen) atoms. The van der Waals surface area contributed by atoms with Crippen LogP contribution in [0.1, 0.15) is 5.56 Å². The molecule has 0 fully saturated rings. The highest BCUT2D eigenvalue weighted by Gasteiger charge is 1.87. The Morgan fingerprint density at radius 3 is 2.55 bits per heavy atom. The van der Waals surface area contributed by atoms with Crippen molar-refractivity contribution in [2.45, 2.75) is 0 Å². The van der Waals surface area contributed by atoms with E-state index in [9.17, 15) is 0 Å². The van der Waals surface area contributed by atoms with Gasteiger partial charge in [0.25, 0.3) is 0 Å². The monoisotopic (exact) mass is 207 g/mol. The van der Waals surface area contributed by atoms with Crippen molar-refractivity contribution in [3.63, 3.8) is 0 Å². The van der Waals surface area contributed by atoms with Crippen LogP contribution in [-0.4, -0.2) is 0 Å². The Bertz CT molecular complexity index is 295. The molecule has 1 rings (SSSR count). The first kappa shape index (κ1) is 8.03. The van der Waals surface area contributed by atoms with E-state index < -0.39 is 0 Å². The standard InChI is InChI=1S/C9H6BrN/c10-9(7-11)6-8-4-2-1-3-5-8/h1-6H/b9-6+. The van der Waals surface area contributed by atoms with Gasteiger partial charge in [-0.2, -0.15) is 5.26 Å². The van der Waals surface area contributed by atoms with Gasteiger partial charge in [-0.15, -0.1) is 0 Å². The van der Waals surface area contributed by atoms with Crippen LogP contribution in [0.25, 0.3) is 6.08 Å². The summed E-state index contributed by atoms with van der Waals surface area (Å²) in [6.45, 7) is 0. The van der Waals surface area contributed by atoms with Crippen molar-refractivity contribution in [1.82, 2.24) is 0 Å². The molecule has 1 nitrogen and oxygen atoms in total. The Labute approximate surface area is 74.1 Å². The lowest BCUT2D eigenvalue weighted by molar-refractivity contribution is 1.53. The number of allylic oxidation sites excluding steroid dienone is 1. The molecule has 0 aromatic heterocycles. The summed E-state index contributed by atoms with van der Waals surface area (Å²) in [7, 11) is 0. The molecule has 0 aliphatic carbocycles. The van der Waals surface area contributed by atoms with Gasteiger partial charge in [0.1, 0.15) is 6.07 Å². The summed E-state index contributed by atoms with van der Waals surface area (Å²) in [5.74, 6) is 0. The molecule has 0 saturated carbocycles. The number of nitriles is 1. The fourth-order valence-electron chi connectivity index (χ4n) is 0.728. The van der Waals surface area contributed by atoms with E-state index >= 15 is 0 Å². The van der Waals surface area contributed by atoms with Crippen LogP contribution in [0.5, 0.6) is 0 Å². The number of benzene rings is 1. The molecule has 1 aromatic carbocycles. The van der Waals surface area contributed by atoms with Gasteiger partial charge in [-0.05, 0) is 27.6 Å². The number of hydrogen-bond acceptors (Lipinski definition) is 1. The first-order chi connectivity index (χ1) is 5.33. The van der Waals surface area contributed by atoms with Crippen molar-refractivity contribution in [2.75, 3.05) is 0 Å². The molecule has 0 aliphatic rings. The Morgan fingerprint density at radius 1 is 1.36 bits per heavy atom. The van der Waals surface area contributed by atoms with E-state index in [-0.39, 0.29) is 0 Å². The second-order valence-corrected chi connectivity index (χ2v) is 2.87. The third kappa shape index (κ3) is 2.57. The third-order valence-corrected chi connectivity index (χ3v) is 1.61. The number of halogens is 1. The van der Waals surface area contributed by atoms with Gasteiger partial charge in [-0.1, -0.05) is 30.3 Å². The summed E-state index contributed by atoms with van der Waals surface area (Å²) < 4.78 is 0.545. The van der Waals surface area contributed by atoms with Gasteiger partial charge < -0.3 is 0 Å². The van der Waals surface area contributed by atoms with Crippen LogP contribution in [-0.2, 0) is 0 Å². The van der Waals surface area contributed by atoms with Crippen LogP contribution in [0.2, 0.25) is 0 Å². The first-order valence-electron chi connectivity index (χ1n) is 3.15. The topological polar surface area (TPSA) is 23.8 Å². The zero-order valence-corrected chi connectivity index (χ0v) is 7.38. The SMILES string of the molecule is N#C/C(Br)=C\c1ccccc1. The van der Waals surface area contributed by atoms with Gasteiger partial charge in [0.15, 0.2) is 0 Å². The summed E-state index contributed by atoms with van der Waals surface area (Å²) in [5, 5.41) is 8.43. The van der Waals surface area contributed by atoms with Crippen LogP contribution >= 0.6 is 15.9 Å². The molecule has 0 spiro atoms. The molecule has 0 radical (unpaired) electrons. The number of rotatable bonds is 1. The van der Waals surface area contributed by atoms with Crippen LogP contribution in [0.3, 0.4) is 0 Å². The summed E-state index contributed by atoms with van der Waals surface area (Å²) in [5.41, 5.74) is 1.03. The van der Waals surface area contributed by atoms with Gasteiger partial charge in [-0.25, -0.2) is 0 Å². The third-order valence-electron chi connectivity index (χ3n) is 1.20. The minimum Gasteiger partial charge on any atom is -0.192 e. The summed E-state index contributed by atoms with van der Waals surface area (Å²) in [6.07, 6.45) is 1.78. The second-order valence-electron chi connectivity index (χ2n) is 2.01. The average Bonchev–Trinajstić information content (AvgIpc) is 2.06. The highest BCUT2D eigenvalue weighted by atomic mass is 79.9. The molecule has 54 valence electrons. The summed E-state index contributed by atoms with van der Waals surface area (Å²) in [6, 6.07) is 11.7. The predicted molar refractivity (Wildman–Crippen MR) is 49.0 cm³/mol. The zero-order valence-electron chi connectivity index (χ0n) is 5.79. The highest BCUT2D eigenvalue weighted by molar-refractivity contribution is 9.12. The Morgan fingerprint density at radius 2 is 2.00 bits per heavy atom. The molecular formula is C9H6BrN. The fraction of sp³-hybridized carbons (Fsp3) is 0. The highest BCUT2D eigenvalue weighted by Crippen LogP contribution is 2.09. The quantitative estimate of drug-likeness (QED) is 0.651. The second kappa shape index (κ2) is 3.95. The Kier molecular flexibility index (Phi) is 2.88. The molecule has 0 aliphatic heterocycles. The van der Waals surface area contributed by atoms with Crippen molar-refractivity contribution < 1.29 is 0 Å². The van der Waals surface area contributed by atoms with E-state index in [2.05, 4.69) is 15.9 Å². The maximum absolute atomic E-state index is 8.43.